The molecule has 6 nitrogen and oxygen atoms in total. The predicted octanol–water partition coefficient (Wildman–Crippen LogP) is 3.63. The van der Waals surface area contributed by atoms with Crippen LogP contribution in [0, 0.1) is 0 Å². The Morgan fingerprint density at radius 1 is 0.786 bits per heavy atom. The molecule has 28 heavy (non-hydrogen) atoms. The first-order chi connectivity index (χ1) is 13.5. The van der Waals surface area contributed by atoms with Crippen LogP contribution < -0.4 is 10.1 Å². The van der Waals surface area contributed by atoms with E-state index in [1.54, 1.807) is 60.7 Å². The summed E-state index contributed by atoms with van der Waals surface area (Å²) in [5.41, 5.74) is 1.57. The first-order valence-electron chi connectivity index (χ1n) is 8.49. The number of carbonyl (C=O) groups excluding carboxylic acids is 2. The average molecular weight is 375 g/mol. The second-order valence-electron chi connectivity index (χ2n) is 5.94. The maximum atomic E-state index is 12.4. The van der Waals surface area contributed by atoms with E-state index in [0.29, 0.717) is 22.6 Å². The van der Waals surface area contributed by atoms with Gasteiger partial charge in [-0.25, -0.2) is 4.79 Å². The summed E-state index contributed by atoms with van der Waals surface area (Å²) >= 11 is 0. The first kappa shape index (κ1) is 18.8. The zero-order valence-electron chi connectivity index (χ0n) is 14.8. The number of ketones is 1. The first-order valence-corrected chi connectivity index (χ1v) is 8.49. The fraction of sp³-hybridized carbons (Fsp3) is 0.0455. The van der Waals surface area contributed by atoms with E-state index < -0.39 is 11.9 Å². The molecule has 3 aromatic carbocycles. The summed E-state index contributed by atoms with van der Waals surface area (Å²) in [6, 6.07) is 21.4. The van der Waals surface area contributed by atoms with Crippen molar-refractivity contribution in [2.45, 2.75) is 0 Å². The summed E-state index contributed by atoms with van der Waals surface area (Å²) < 4.78 is 5.42. The van der Waals surface area contributed by atoms with E-state index in [4.69, 9.17) is 9.84 Å². The Bertz CT molecular complexity index is 997. The van der Waals surface area contributed by atoms with Crippen LogP contribution >= 0.6 is 0 Å². The van der Waals surface area contributed by atoms with Crippen molar-refractivity contribution < 1.29 is 24.2 Å². The van der Waals surface area contributed by atoms with Crippen LogP contribution in [0.25, 0.3) is 0 Å². The minimum absolute atomic E-state index is 0.0809. The van der Waals surface area contributed by atoms with Crippen molar-refractivity contribution in [1.29, 1.82) is 0 Å². The van der Waals surface area contributed by atoms with Gasteiger partial charge in [-0.2, -0.15) is 0 Å². The van der Waals surface area contributed by atoms with Crippen molar-refractivity contribution >= 4 is 23.3 Å². The lowest BCUT2D eigenvalue weighted by atomic mass is 10.0. The highest BCUT2D eigenvalue weighted by molar-refractivity contribution is 6.09. The molecule has 2 N–H and O–H groups in total. The van der Waals surface area contributed by atoms with Gasteiger partial charge in [0.2, 0.25) is 0 Å². The molecule has 0 aliphatic carbocycles. The quantitative estimate of drug-likeness (QED) is 0.615. The third-order valence-corrected chi connectivity index (χ3v) is 3.92. The van der Waals surface area contributed by atoms with Crippen LogP contribution in [0.3, 0.4) is 0 Å². The lowest BCUT2D eigenvalue weighted by molar-refractivity contribution is -0.118. The minimum Gasteiger partial charge on any atom is -0.484 e. The van der Waals surface area contributed by atoms with Crippen LogP contribution in [-0.4, -0.2) is 29.4 Å². The Hall–Kier alpha value is -3.93. The molecule has 140 valence electrons. The molecule has 0 fully saturated rings. The van der Waals surface area contributed by atoms with Crippen molar-refractivity contribution in [3.63, 3.8) is 0 Å². The molecule has 0 saturated heterocycles. The molecule has 0 heterocycles. The van der Waals surface area contributed by atoms with Crippen LogP contribution in [0.2, 0.25) is 0 Å². The summed E-state index contributed by atoms with van der Waals surface area (Å²) in [6.45, 7) is -0.247. The Balaban J connectivity index is 1.56. The highest BCUT2D eigenvalue weighted by Gasteiger charge is 2.10. The van der Waals surface area contributed by atoms with E-state index >= 15 is 0 Å². The maximum absolute atomic E-state index is 12.4. The van der Waals surface area contributed by atoms with Crippen molar-refractivity contribution in [2.24, 2.45) is 0 Å². The lowest BCUT2D eigenvalue weighted by Crippen LogP contribution is -2.20. The number of carboxylic acids is 1. The summed E-state index contributed by atoms with van der Waals surface area (Å²) in [5, 5.41) is 11.5. The second kappa shape index (κ2) is 8.64. The monoisotopic (exact) mass is 375 g/mol. The molecule has 0 spiro atoms. The van der Waals surface area contributed by atoms with Gasteiger partial charge < -0.3 is 15.2 Å². The molecule has 3 rings (SSSR count). The van der Waals surface area contributed by atoms with Gasteiger partial charge in [-0.05, 0) is 42.5 Å². The van der Waals surface area contributed by atoms with Gasteiger partial charge >= 0.3 is 5.97 Å². The van der Waals surface area contributed by atoms with E-state index in [1.807, 2.05) is 6.07 Å². The van der Waals surface area contributed by atoms with Gasteiger partial charge in [-0.3, -0.25) is 9.59 Å². The van der Waals surface area contributed by atoms with E-state index in [9.17, 15) is 14.4 Å². The third-order valence-electron chi connectivity index (χ3n) is 3.92. The number of aromatic carboxylic acids is 1. The van der Waals surface area contributed by atoms with Gasteiger partial charge in [0.25, 0.3) is 5.91 Å². The van der Waals surface area contributed by atoms with Crippen molar-refractivity contribution in [3.05, 3.63) is 95.6 Å². The lowest BCUT2D eigenvalue weighted by Gasteiger charge is -2.09. The smallest absolute Gasteiger partial charge is 0.335 e. The summed E-state index contributed by atoms with van der Waals surface area (Å²) in [4.78, 5) is 35.3. The SMILES string of the molecule is O=C(COc1ccc(C(=O)c2ccccc2)cc1)Nc1cccc(C(=O)O)c1. The van der Waals surface area contributed by atoms with E-state index in [0.717, 1.165) is 0 Å². The van der Waals surface area contributed by atoms with Crippen LogP contribution in [-0.2, 0) is 4.79 Å². The Morgan fingerprint density at radius 3 is 2.11 bits per heavy atom. The van der Waals surface area contributed by atoms with Crippen LogP contribution in [0.5, 0.6) is 5.75 Å². The van der Waals surface area contributed by atoms with Gasteiger partial charge in [0.05, 0.1) is 5.56 Å². The van der Waals surface area contributed by atoms with Gasteiger partial charge in [0.15, 0.2) is 12.4 Å². The Labute approximate surface area is 161 Å². The Morgan fingerprint density at radius 2 is 1.43 bits per heavy atom. The molecule has 3 aromatic rings. The molecule has 0 atom stereocenters. The van der Waals surface area contributed by atoms with Crippen molar-refractivity contribution in [3.8, 4) is 5.75 Å². The number of carbonyl (C=O) groups is 3. The maximum Gasteiger partial charge on any atom is 0.335 e. The largest absolute Gasteiger partial charge is 0.484 e. The van der Waals surface area contributed by atoms with Crippen LogP contribution in [0.15, 0.2) is 78.9 Å². The van der Waals surface area contributed by atoms with Gasteiger partial charge in [-0.15, -0.1) is 0 Å². The standard InChI is InChI=1S/C22H17NO5/c24-20(23-18-8-4-7-17(13-18)22(26)27)14-28-19-11-9-16(10-12-19)21(25)15-5-2-1-3-6-15/h1-13H,14H2,(H,23,24)(H,26,27). The Kier molecular flexibility index (Phi) is 5.81. The van der Waals surface area contributed by atoms with Crippen LogP contribution in [0.1, 0.15) is 26.3 Å². The number of benzene rings is 3. The summed E-state index contributed by atoms with van der Waals surface area (Å²) in [7, 11) is 0. The molecule has 0 radical (unpaired) electrons. The average Bonchev–Trinajstić information content (AvgIpc) is 2.73. The van der Waals surface area contributed by atoms with E-state index in [1.165, 1.54) is 12.1 Å². The fourth-order valence-electron chi connectivity index (χ4n) is 2.53. The van der Waals surface area contributed by atoms with Gasteiger partial charge in [-0.1, -0.05) is 36.4 Å². The number of nitrogens with one attached hydrogen (secondary N) is 1. The molecule has 0 aromatic heterocycles. The molecule has 0 bridgehead atoms. The fourth-order valence-corrected chi connectivity index (χ4v) is 2.53. The van der Waals surface area contributed by atoms with Crippen molar-refractivity contribution in [2.75, 3.05) is 11.9 Å². The number of hydrogen-bond donors (Lipinski definition) is 2. The van der Waals surface area contributed by atoms with E-state index in [2.05, 4.69) is 5.32 Å². The predicted molar refractivity (Wildman–Crippen MR) is 104 cm³/mol. The number of anilines is 1. The highest BCUT2D eigenvalue weighted by atomic mass is 16.5. The highest BCUT2D eigenvalue weighted by Crippen LogP contribution is 2.16. The normalized spacial score (nSPS) is 10.1. The van der Waals surface area contributed by atoms with Gasteiger partial charge in [0, 0.05) is 16.8 Å². The summed E-state index contributed by atoms with van der Waals surface area (Å²) in [5.74, 6) is -1.15. The molecule has 0 aliphatic rings. The van der Waals surface area contributed by atoms with Crippen LogP contribution in [0.4, 0.5) is 5.69 Å². The number of amides is 1. The number of ether oxygens (including phenoxy) is 1. The molecule has 0 aliphatic heterocycles. The van der Waals surface area contributed by atoms with E-state index in [-0.39, 0.29) is 18.0 Å². The topological polar surface area (TPSA) is 92.7 Å². The minimum atomic E-state index is -1.07. The summed E-state index contributed by atoms with van der Waals surface area (Å²) in [6.07, 6.45) is 0. The zero-order valence-corrected chi connectivity index (χ0v) is 14.8. The van der Waals surface area contributed by atoms with Gasteiger partial charge in [0.1, 0.15) is 5.75 Å². The third kappa shape index (κ3) is 4.82. The molecular weight excluding hydrogens is 358 g/mol. The molecule has 0 unspecified atom stereocenters. The molecule has 0 saturated carbocycles. The molecular formula is C22H17NO5. The second-order valence-corrected chi connectivity index (χ2v) is 5.94. The number of carboxylic acid groups (broad SMARTS) is 1. The number of rotatable bonds is 7. The number of hydrogen-bond acceptors (Lipinski definition) is 4. The molecule has 1 amide bonds. The van der Waals surface area contributed by atoms with Crippen molar-refractivity contribution in [1.82, 2.24) is 0 Å². The molecule has 6 heteroatoms. The zero-order chi connectivity index (χ0) is 19.9.